The lowest BCUT2D eigenvalue weighted by atomic mass is 10.1. The van der Waals surface area contributed by atoms with E-state index in [1.165, 1.54) is 0 Å². The molecule has 2 heterocycles. The third-order valence-corrected chi connectivity index (χ3v) is 3.04. The largest absolute Gasteiger partial charge is 0.384 e. The highest BCUT2D eigenvalue weighted by atomic mass is 19.3. The number of aromatic nitrogens is 1. The maximum Gasteiger partial charge on any atom is 0.260 e. The Balaban J connectivity index is 0.000000956. The van der Waals surface area contributed by atoms with Crippen molar-refractivity contribution < 1.29 is 8.78 Å². The van der Waals surface area contributed by atoms with E-state index in [1.807, 2.05) is 19.9 Å². The molecule has 1 aliphatic heterocycles. The first kappa shape index (κ1) is 16.6. The summed E-state index contributed by atoms with van der Waals surface area (Å²) < 4.78 is 26.6. The van der Waals surface area contributed by atoms with Gasteiger partial charge in [-0.2, -0.15) is 0 Å². The Morgan fingerprint density at radius 1 is 1.40 bits per heavy atom. The summed E-state index contributed by atoms with van der Waals surface area (Å²) in [6.07, 6.45) is 0.524. The van der Waals surface area contributed by atoms with E-state index in [-0.39, 0.29) is 13.0 Å². The minimum atomic E-state index is -2.57. The molecule has 0 saturated carbocycles. The van der Waals surface area contributed by atoms with E-state index in [9.17, 15) is 8.78 Å². The lowest BCUT2D eigenvalue weighted by Gasteiger charge is -2.32. The van der Waals surface area contributed by atoms with Crippen molar-refractivity contribution in [2.24, 2.45) is 0 Å². The van der Waals surface area contributed by atoms with E-state index >= 15 is 0 Å². The van der Waals surface area contributed by atoms with Crippen LogP contribution in [0.2, 0.25) is 0 Å². The van der Waals surface area contributed by atoms with Crippen molar-refractivity contribution in [3.63, 3.8) is 0 Å². The second kappa shape index (κ2) is 7.38. The van der Waals surface area contributed by atoms with Crippen LogP contribution < -0.4 is 11.1 Å². The molecule has 0 aliphatic carbocycles. The molecule has 0 unspecified atom stereocenters. The van der Waals surface area contributed by atoms with Gasteiger partial charge in [0.15, 0.2) is 0 Å². The predicted octanol–water partition coefficient (Wildman–Crippen LogP) is 2.96. The van der Waals surface area contributed by atoms with Crippen LogP contribution in [0.5, 0.6) is 0 Å². The molecule has 1 aromatic rings. The fourth-order valence-corrected chi connectivity index (χ4v) is 2.27. The van der Waals surface area contributed by atoms with Gasteiger partial charge in [0.25, 0.3) is 5.92 Å². The molecule has 1 saturated heterocycles. The average molecular weight is 286 g/mol. The zero-order valence-electron chi connectivity index (χ0n) is 12.4. The van der Waals surface area contributed by atoms with Crippen molar-refractivity contribution in [1.29, 1.82) is 0 Å². The molecule has 0 atom stereocenters. The Bertz CT molecular complexity index is 424. The molecular formula is C14H24F2N4. The number of anilines is 2. The highest BCUT2D eigenvalue weighted by Crippen LogP contribution is 2.27. The van der Waals surface area contributed by atoms with Gasteiger partial charge in [-0.1, -0.05) is 13.8 Å². The fraction of sp³-hybridized carbons (Fsp3) is 0.643. The molecule has 0 aromatic carbocycles. The number of piperidine rings is 1. The van der Waals surface area contributed by atoms with Crippen molar-refractivity contribution in [2.45, 2.75) is 39.2 Å². The Morgan fingerprint density at radius 3 is 2.70 bits per heavy atom. The Labute approximate surface area is 119 Å². The van der Waals surface area contributed by atoms with Gasteiger partial charge in [-0.3, -0.25) is 4.90 Å². The molecule has 6 heteroatoms. The second-order valence-corrected chi connectivity index (χ2v) is 4.71. The zero-order chi connectivity index (χ0) is 15.2. The highest BCUT2D eigenvalue weighted by Gasteiger charge is 2.34. The Kier molecular flexibility index (Phi) is 6.13. The molecule has 1 aliphatic rings. The summed E-state index contributed by atoms with van der Waals surface area (Å²) in [4.78, 5) is 5.84. The number of pyridine rings is 1. The Hall–Kier alpha value is -1.43. The number of nitrogen functional groups attached to an aromatic ring is 1. The van der Waals surface area contributed by atoms with Gasteiger partial charge >= 0.3 is 0 Å². The van der Waals surface area contributed by atoms with Crippen LogP contribution >= 0.6 is 0 Å². The van der Waals surface area contributed by atoms with Crippen LogP contribution in [-0.2, 0) is 6.54 Å². The van der Waals surface area contributed by atoms with Crippen molar-refractivity contribution in [3.8, 4) is 0 Å². The van der Waals surface area contributed by atoms with Crippen LogP contribution in [-0.4, -0.2) is 35.9 Å². The number of alkyl halides is 2. The van der Waals surface area contributed by atoms with E-state index < -0.39 is 5.92 Å². The maximum absolute atomic E-state index is 13.3. The van der Waals surface area contributed by atoms with Gasteiger partial charge in [0.2, 0.25) is 0 Å². The normalized spacial score (nSPS) is 18.1. The summed E-state index contributed by atoms with van der Waals surface area (Å²) in [6.45, 7) is 5.01. The number of halogens is 2. The van der Waals surface area contributed by atoms with Gasteiger partial charge in [0.05, 0.1) is 6.54 Å². The van der Waals surface area contributed by atoms with Crippen LogP contribution in [0.25, 0.3) is 0 Å². The number of nitrogens with zero attached hydrogens (tertiary/aromatic N) is 2. The molecule has 0 bridgehead atoms. The first-order chi connectivity index (χ1) is 9.48. The molecule has 4 nitrogen and oxygen atoms in total. The highest BCUT2D eigenvalue weighted by molar-refractivity contribution is 5.46. The average Bonchev–Trinajstić information content (AvgIpc) is 2.39. The summed E-state index contributed by atoms with van der Waals surface area (Å²) in [5.74, 6) is -1.50. The molecular weight excluding hydrogens is 262 g/mol. The predicted molar refractivity (Wildman–Crippen MR) is 79.0 cm³/mol. The third-order valence-electron chi connectivity index (χ3n) is 3.04. The molecule has 3 N–H and O–H groups in total. The lowest BCUT2D eigenvalue weighted by Crippen LogP contribution is -2.42. The van der Waals surface area contributed by atoms with Crippen LogP contribution in [0.1, 0.15) is 32.3 Å². The lowest BCUT2D eigenvalue weighted by molar-refractivity contribution is -0.0660. The summed E-state index contributed by atoms with van der Waals surface area (Å²) in [7, 11) is 1.75. The van der Waals surface area contributed by atoms with Gasteiger partial charge in [0.1, 0.15) is 11.6 Å². The van der Waals surface area contributed by atoms with Gasteiger partial charge in [-0.25, -0.2) is 13.8 Å². The smallest absolute Gasteiger partial charge is 0.260 e. The summed E-state index contributed by atoms with van der Waals surface area (Å²) >= 11 is 0. The number of hydrogen-bond acceptors (Lipinski definition) is 4. The minimum absolute atomic E-state index is 0.0102. The Morgan fingerprint density at radius 2 is 2.10 bits per heavy atom. The first-order valence-corrected chi connectivity index (χ1v) is 7.03. The fourth-order valence-electron chi connectivity index (χ4n) is 2.27. The van der Waals surface area contributed by atoms with Crippen molar-refractivity contribution in [2.75, 3.05) is 31.2 Å². The monoisotopic (exact) mass is 286 g/mol. The van der Waals surface area contributed by atoms with Crippen LogP contribution in [0.4, 0.5) is 20.4 Å². The zero-order valence-corrected chi connectivity index (χ0v) is 12.4. The van der Waals surface area contributed by atoms with E-state index in [4.69, 9.17) is 5.73 Å². The summed E-state index contributed by atoms with van der Waals surface area (Å²) in [5.41, 5.74) is 6.58. The summed E-state index contributed by atoms with van der Waals surface area (Å²) in [6, 6.07) is 3.57. The van der Waals surface area contributed by atoms with E-state index in [1.54, 1.807) is 18.0 Å². The van der Waals surface area contributed by atoms with Crippen molar-refractivity contribution in [1.82, 2.24) is 9.88 Å². The van der Waals surface area contributed by atoms with Gasteiger partial charge in [-0.05, 0) is 30.7 Å². The summed E-state index contributed by atoms with van der Waals surface area (Å²) in [5, 5.41) is 2.90. The molecule has 1 aromatic heterocycles. The number of rotatable bonds is 3. The molecule has 114 valence electrons. The molecule has 0 spiro atoms. The van der Waals surface area contributed by atoms with Gasteiger partial charge in [-0.15, -0.1) is 0 Å². The molecule has 1 fully saturated rings. The van der Waals surface area contributed by atoms with Crippen LogP contribution in [0, 0.1) is 0 Å². The van der Waals surface area contributed by atoms with Crippen LogP contribution in [0.15, 0.2) is 12.1 Å². The number of hydrogen-bond donors (Lipinski definition) is 2. The van der Waals surface area contributed by atoms with Crippen molar-refractivity contribution in [3.05, 3.63) is 17.7 Å². The topological polar surface area (TPSA) is 54.2 Å². The molecule has 0 amide bonds. The van der Waals surface area contributed by atoms with E-state index in [2.05, 4.69) is 10.3 Å². The standard InChI is InChI=1S/C12H18F2N4.C2H6/c1-16-11-6-9(5-10(15)17-11)7-18-4-2-3-12(13,14)8-18;1-2/h5-6H,2-4,7-8H2,1H3,(H3,15,16,17);1-2H3. The first-order valence-electron chi connectivity index (χ1n) is 7.03. The SMILES string of the molecule is CC.CNc1cc(CN2CCCC(F)(F)C2)cc(N)n1. The van der Waals surface area contributed by atoms with E-state index in [0.29, 0.717) is 31.1 Å². The minimum Gasteiger partial charge on any atom is -0.384 e. The quantitative estimate of drug-likeness (QED) is 0.897. The number of likely N-dealkylation sites (tertiary alicyclic amines) is 1. The van der Waals surface area contributed by atoms with Gasteiger partial charge in [0, 0.05) is 20.0 Å². The second-order valence-electron chi connectivity index (χ2n) is 4.71. The van der Waals surface area contributed by atoms with Gasteiger partial charge < -0.3 is 11.1 Å². The molecule has 0 radical (unpaired) electrons. The van der Waals surface area contributed by atoms with E-state index in [0.717, 1.165) is 5.56 Å². The van der Waals surface area contributed by atoms with Crippen molar-refractivity contribution >= 4 is 11.6 Å². The number of nitrogens with two attached hydrogens (primary N) is 1. The molecule has 2 rings (SSSR count). The van der Waals surface area contributed by atoms with Crippen LogP contribution in [0.3, 0.4) is 0 Å². The third kappa shape index (κ3) is 4.92. The maximum atomic E-state index is 13.3. The number of nitrogens with one attached hydrogen (secondary N) is 1. The molecule has 20 heavy (non-hydrogen) atoms.